The van der Waals surface area contributed by atoms with Gasteiger partial charge in [-0.15, -0.1) is 0 Å². The van der Waals surface area contributed by atoms with E-state index >= 15 is 0 Å². The van der Waals surface area contributed by atoms with Crippen LogP contribution in [-0.4, -0.2) is 26.9 Å². The zero-order valence-electron chi connectivity index (χ0n) is 17.3. The van der Waals surface area contributed by atoms with Gasteiger partial charge in [0.1, 0.15) is 12.4 Å². The summed E-state index contributed by atoms with van der Waals surface area (Å²) in [6.07, 6.45) is 0.719. The largest absolute Gasteiger partial charge is 0.307 e. The second kappa shape index (κ2) is 8.15. The lowest BCUT2D eigenvalue weighted by Gasteiger charge is -2.29. The number of anilines is 2. The van der Waals surface area contributed by atoms with Crippen LogP contribution in [0.4, 0.5) is 15.8 Å². The van der Waals surface area contributed by atoms with E-state index in [1.165, 1.54) is 12.1 Å². The van der Waals surface area contributed by atoms with Crippen molar-refractivity contribution in [3.8, 4) is 0 Å². The van der Waals surface area contributed by atoms with Crippen molar-refractivity contribution >= 4 is 27.3 Å². The molecule has 5 nitrogen and oxygen atoms in total. The van der Waals surface area contributed by atoms with E-state index in [1.807, 2.05) is 38.1 Å². The number of sulfonamides is 1. The number of hydrogen-bond donors (Lipinski definition) is 0. The topological polar surface area (TPSA) is 57.7 Å². The van der Waals surface area contributed by atoms with Gasteiger partial charge in [0, 0.05) is 11.7 Å². The molecule has 160 valence electrons. The molecule has 0 spiro atoms. The summed E-state index contributed by atoms with van der Waals surface area (Å²) in [5.41, 5.74) is 3.22. The van der Waals surface area contributed by atoms with Gasteiger partial charge in [-0.05, 0) is 68.3 Å². The van der Waals surface area contributed by atoms with E-state index < -0.39 is 15.8 Å². The lowest BCUT2D eigenvalue weighted by molar-refractivity contribution is -0.117. The summed E-state index contributed by atoms with van der Waals surface area (Å²) >= 11 is 0. The number of nitrogens with zero attached hydrogens (tertiary/aromatic N) is 2. The maximum absolute atomic E-state index is 13.4. The van der Waals surface area contributed by atoms with Crippen LogP contribution in [0.25, 0.3) is 0 Å². The fourth-order valence-corrected chi connectivity index (χ4v) is 5.32. The number of hydrogen-bond acceptors (Lipinski definition) is 3. The Balaban J connectivity index is 1.72. The summed E-state index contributed by atoms with van der Waals surface area (Å²) in [6, 6.07) is 19.1. The molecule has 0 aliphatic carbocycles. The molecule has 0 saturated carbocycles. The van der Waals surface area contributed by atoms with Gasteiger partial charge in [0.05, 0.1) is 10.6 Å². The van der Waals surface area contributed by atoms with Gasteiger partial charge in [-0.25, -0.2) is 12.8 Å². The lowest BCUT2D eigenvalue weighted by Crippen LogP contribution is -2.45. The van der Waals surface area contributed by atoms with Crippen LogP contribution >= 0.6 is 0 Å². The summed E-state index contributed by atoms with van der Waals surface area (Å²) in [4.78, 5) is 15.0. The summed E-state index contributed by atoms with van der Waals surface area (Å²) in [7, 11) is -4.08. The summed E-state index contributed by atoms with van der Waals surface area (Å²) in [5, 5.41) is 0. The number of benzene rings is 3. The van der Waals surface area contributed by atoms with Crippen molar-refractivity contribution in [2.75, 3.05) is 15.7 Å². The van der Waals surface area contributed by atoms with Gasteiger partial charge in [0.25, 0.3) is 10.0 Å². The standard InChI is InChI=1S/C24H23FN2O3S/c1-17-7-11-21(12-8-17)26(31(29,30)22-13-9-20(25)10-14-22)16-24(28)27-18(2)15-19-5-3-4-6-23(19)27/h3-14,18H,15-16H2,1-2H3/t18-/m1/s1. The number of rotatable bonds is 5. The average Bonchev–Trinajstić information content (AvgIpc) is 3.08. The van der Waals surface area contributed by atoms with Crippen LogP contribution in [0.3, 0.4) is 0 Å². The van der Waals surface area contributed by atoms with Crippen molar-refractivity contribution in [2.24, 2.45) is 0 Å². The highest BCUT2D eigenvalue weighted by Gasteiger charge is 2.34. The molecule has 0 fully saturated rings. The number of para-hydroxylation sites is 1. The molecule has 3 aromatic carbocycles. The maximum atomic E-state index is 13.4. The molecule has 0 unspecified atom stereocenters. The third-order valence-electron chi connectivity index (χ3n) is 5.48. The molecule has 0 radical (unpaired) electrons. The number of fused-ring (bicyclic) bond motifs is 1. The van der Waals surface area contributed by atoms with E-state index in [9.17, 15) is 17.6 Å². The van der Waals surface area contributed by atoms with Gasteiger partial charge >= 0.3 is 0 Å². The first-order valence-corrected chi connectivity index (χ1v) is 11.5. The van der Waals surface area contributed by atoms with Gasteiger partial charge in [-0.3, -0.25) is 9.10 Å². The van der Waals surface area contributed by atoms with E-state index in [0.29, 0.717) is 5.69 Å². The molecule has 4 rings (SSSR count). The Morgan fingerprint density at radius 3 is 2.35 bits per heavy atom. The van der Waals surface area contributed by atoms with Crippen molar-refractivity contribution in [1.29, 1.82) is 0 Å². The van der Waals surface area contributed by atoms with Crippen LogP contribution in [0.15, 0.2) is 77.7 Å². The Morgan fingerprint density at radius 2 is 1.68 bits per heavy atom. The SMILES string of the molecule is Cc1ccc(N(CC(=O)N2c3ccccc3C[C@H]2C)S(=O)(=O)c2ccc(F)cc2)cc1. The minimum absolute atomic E-state index is 0.0710. The molecule has 1 atom stereocenters. The van der Waals surface area contributed by atoms with E-state index in [2.05, 4.69) is 0 Å². The summed E-state index contributed by atoms with van der Waals surface area (Å²) in [6.45, 7) is 3.49. The van der Waals surface area contributed by atoms with Crippen molar-refractivity contribution < 1.29 is 17.6 Å². The zero-order chi connectivity index (χ0) is 22.2. The Bertz CT molecular complexity index is 1210. The predicted molar refractivity (Wildman–Crippen MR) is 119 cm³/mol. The normalized spacial score (nSPS) is 15.6. The third-order valence-corrected chi connectivity index (χ3v) is 7.27. The summed E-state index contributed by atoms with van der Waals surface area (Å²) < 4.78 is 41.3. The molecule has 1 amide bonds. The van der Waals surface area contributed by atoms with Crippen molar-refractivity contribution in [3.05, 3.63) is 89.7 Å². The van der Waals surface area contributed by atoms with Crippen LogP contribution < -0.4 is 9.21 Å². The minimum atomic E-state index is -4.08. The van der Waals surface area contributed by atoms with Crippen molar-refractivity contribution in [1.82, 2.24) is 0 Å². The van der Waals surface area contributed by atoms with Crippen LogP contribution in [0.1, 0.15) is 18.1 Å². The number of carbonyl (C=O) groups excluding carboxylic acids is 1. The van der Waals surface area contributed by atoms with E-state index in [4.69, 9.17) is 0 Å². The van der Waals surface area contributed by atoms with Gasteiger partial charge in [0.15, 0.2) is 0 Å². The van der Waals surface area contributed by atoms with Gasteiger partial charge in [0.2, 0.25) is 5.91 Å². The lowest BCUT2D eigenvalue weighted by atomic mass is 10.1. The van der Waals surface area contributed by atoms with E-state index in [1.54, 1.807) is 29.2 Å². The average molecular weight is 439 g/mol. The zero-order valence-corrected chi connectivity index (χ0v) is 18.1. The van der Waals surface area contributed by atoms with Crippen molar-refractivity contribution in [2.45, 2.75) is 31.2 Å². The first kappa shape index (κ1) is 21.1. The molecule has 1 aliphatic heterocycles. The Kier molecular flexibility index (Phi) is 5.54. The quantitative estimate of drug-likeness (QED) is 0.597. The fourth-order valence-electron chi connectivity index (χ4n) is 3.90. The predicted octanol–water partition coefficient (Wildman–Crippen LogP) is 4.31. The van der Waals surface area contributed by atoms with E-state index in [0.717, 1.165) is 39.7 Å². The molecule has 1 aliphatic rings. The molecule has 0 aromatic heterocycles. The van der Waals surface area contributed by atoms with Crippen molar-refractivity contribution in [3.63, 3.8) is 0 Å². The number of carbonyl (C=O) groups is 1. The van der Waals surface area contributed by atoms with Gasteiger partial charge in [-0.1, -0.05) is 35.9 Å². The van der Waals surface area contributed by atoms with Gasteiger partial charge in [-0.2, -0.15) is 0 Å². The Hall–Kier alpha value is -3.19. The maximum Gasteiger partial charge on any atom is 0.264 e. The molecule has 31 heavy (non-hydrogen) atoms. The second-order valence-electron chi connectivity index (χ2n) is 7.75. The third kappa shape index (κ3) is 4.05. The smallest absolute Gasteiger partial charge is 0.264 e. The van der Waals surface area contributed by atoms with Crippen LogP contribution in [0.2, 0.25) is 0 Å². The summed E-state index contributed by atoms with van der Waals surface area (Å²) in [5.74, 6) is -0.844. The van der Waals surface area contributed by atoms with Gasteiger partial charge < -0.3 is 4.90 Å². The molecular weight excluding hydrogens is 415 g/mol. The highest BCUT2D eigenvalue weighted by atomic mass is 32.2. The van der Waals surface area contributed by atoms with Crippen LogP contribution in [-0.2, 0) is 21.2 Å². The first-order valence-electron chi connectivity index (χ1n) is 10.0. The Morgan fingerprint density at radius 1 is 1.03 bits per heavy atom. The second-order valence-corrected chi connectivity index (χ2v) is 9.61. The molecule has 1 heterocycles. The number of aryl methyl sites for hydroxylation is 1. The molecule has 0 bridgehead atoms. The molecule has 7 heteroatoms. The number of halogens is 1. The molecular formula is C24H23FN2O3S. The van der Waals surface area contributed by atoms with Crippen LogP contribution in [0, 0.1) is 12.7 Å². The number of amides is 1. The Labute approximate surface area is 181 Å². The van der Waals surface area contributed by atoms with E-state index in [-0.39, 0.29) is 23.4 Å². The fraction of sp³-hybridized carbons (Fsp3) is 0.208. The highest BCUT2D eigenvalue weighted by molar-refractivity contribution is 7.92. The molecule has 3 aromatic rings. The monoisotopic (exact) mass is 438 g/mol. The molecule has 0 saturated heterocycles. The molecule has 0 N–H and O–H groups in total. The minimum Gasteiger partial charge on any atom is -0.307 e. The first-order chi connectivity index (χ1) is 14.8. The van der Waals surface area contributed by atoms with Crippen LogP contribution in [0.5, 0.6) is 0 Å². The highest BCUT2D eigenvalue weighted by Crippen LogP contribution is 2.33.